The van der Waals surface area contributed by atoms with Crippen molar-refractivity contribution in [3.05, 3.63) is 28.8 Å². The minimum absolute atomic E-state index is 0.00894. The van der Waals surface area contributed by atoms with Gasteiger partial charge in [-0.3, -0.25) is 0 Å². The fourth-order valence-electron chi connectivity index (χ4n) is 1.14. The Morgan fingerprint density at radius 3 is 2.64 bits per heavy atom. The van der Waals surface area contributed by atoms with Gasteiger partial charge in [0.1, 0.15) is 11.3 Å². The number of aryl methyl sites for hydroxylation is 1. The molecule has 0 bridgehead atoms. The van der Waals surface area contributed by atoms with Crippen molar-refractivity contribution < 1.29 is 14.6 Å². The van der Waals surface area contributed by atoms with Crippen molar-refractivity contribution in [1.29, 1.82) is 5.26 Å². The number of methoxy groups -OCH3 is 1. The lowest BCUT2D eigenvalue weighted by Crippen LogP contribution is -2.02. The fourth-order valence-corrected chi connectivity index (χ4v) is 1.14. The maximum Gasteiger partial charge on any atom is 0.339 e. The first-order valence-electron chi connectivity index (χ1n) is 3.92. The molecule has 1 aromatic rings. The first-order valence-corrected chi connectivity index (χ1v) is 3.92. The fraction of sp³-hybridized carbons (Fsp3) is 0.200. The average Bonchev–Trinajstić information content (AvgIpc) is 2.16. The Labute approximate surface area is 81.4 Å². The van der Waals surface area contributed by atoms with E-state index in [0.29, 0.717) is 11.1 Å². The van der Waals surface area contributed by atoms with Crippen LogP contribution in [0.2, 0.25) is 0 Å². The van der Waals surface area contributed by atoms with Crippen molar-refractivity contribution in [3.63, 3.8) is 0 Å². The SMILES string of the molecule is COc1cc(C)c(C#N)cc1C(=O)O. The van der Waals surface area contributed by atoms with Crippen molar-refractivity contribution in [2.75, 3.05) is 7.11 Å². The van der Waals surface area contributed by atoms with Gasteiger partial charge >= 0.3 is 5.97 Å². The van der Waals surface area contributed by atoms with E-state index in [0.717, 1.165) is 0 Å². The van der Waals surface area contributed by atoms with Gasteiger partial charge in [-0.25, -0.2) is 4.79 Å². The van der Waals surface area contributed by atoms with Crippen molar-refractivity contribution in [3.8, 4) is 11.8 Å². The minimum Gasteiger partial charge on any atom is -0.496 e. The Balaban J connectivity index is 3.42. The van der Waals surface area contributed by atoms with Gasteiger partial charge in [-0.05, 0) is 24.6 Å². The summed E-state index contributed by atoms with van der Waals surface area (Å²) in [5.74, 6) is -0.827. The minimum atomic E-state index is -1.10. The predicted octanol–water partition coefficient (Wildman–Crippen LogP) is 1.57. The molecule has 0 unspecified atom stereocenters. The lowest BCUT2D eigenvalue weighted by atomic mass is 10.0. The highest BCUT2D eigenvalue weighted by Crippen LogP contribution is 2.22. The monoisotopic (exact) mass is 191 g/mol. The molecule has 0 aliphatic rings. The molecule has 14 heavy (non-hydrogen) atoms. The predicted molar refractivity (Wildman–Crippen MR) is 49.4 cm³/mol. The van der Waals surface area contributed by atoms with Crippen molar-refractivity contribution in [1.82, 2.24) is 0 Å². The molecule has 1 rings (SSSR count). The summed E-state index contributed by atoms with van der Waals surface area (Å²) < 4.78 is 4.90. The Morgan fingerprint density at radius 2 is 2.21 bits per heavy atom. The van der Waals surface area contributed by atoms with Gasteiger partial charge in [0.2, 0.25) is 0 Å². The van der Waals surface area contributed by atoms with Gasteiger partial charge in [0.15, 0.2) is 0 Å². The molecule has 4 nitrogen and oxygen atoms in total. The quantitative estimate of drug-likeness (QED) is 0.770. The van der Waals surface area contributed by atoms with E-state index in [9.17, 15) is 4.79 Å². The molecule has 1 aromatic carbocycles. The van der Waals surface area contributed by atoms with Crippen LogP contribution in [0.5, 0.6) is 5.75 Å². The van der Waals surface area contributed by atoms with E-state index in [2.05, 4.69) is 0 Å². The van der Waals surface area contributed by atoms with E-state index >= 15 is 0 Å². The zero-order chi connectivity index (χ0) is 10.7. The molecule has 0 saturated carbocycles. The highest BCUT2D eigenvalue weighted by molar-refractivity contribution is 5.91. The molecular weight excluding hydrogens is 182 g/mol. The van der Waals surface area contributed by atoms with Crippen LogP contribution < -0.4 is 4.74 Å². The number of carboxylic acid groups (broad SMARTS) is 1. The summed E-state index contributed by atoms with van der Waals surface area (Å²) in [6, 6.07) is 4.78. The molecule has 0 aliphatic carbocycles. The second-order valence-electron chi connectivity index (χ2n) is 2.78. The summed E-state index contributed by atoms with van der Waals surface area (Å²) in [4.78, 5) is 10.8. The number of nitrogens with zero attached hydrogens (tertiary/aromatic N) is 1. The number of carbonyl (C=O) groups is 1. The number of nitriles is 1. The first kappa shape index (κ1) is 10.1. The van der Waals surface area contributed by atoms with E-state index < -0.39 is 5.97 Å². The third-order valence-electron chi connectivity index (χ3n) is 1.90. The normalized spacial score (nSPS) is 9.21. The number of aromatic carboxylic acids is 1. The van der Waals surface area contributed by atoms with E-state index in [1.54, 1.807) is 13.0 Å². The zero-order valence-electron chi connectivity index (χ0n) is 7.87. The van der Waals surface area contributed by atoms with E-state index in [4.69, 9.17) is 15.1 Å². The Morgan fingerprint density at radius 1 is 1.57 bits per heavy atom. The number of hydrogen-bond acceptors (Lipinski definition) is 3. The third-order valence-corrected chi connectivity index (χ3v) is 1.90. The van der Waals surface area contributed by atoms with Crippen LogP contribution in [-0.2, 0) is 0 Å². The van der Waals surface area contributed by atoms with Crippen molar-refractivity contribution >= 4 is 5.97 Å². The van der Waals surface area contributed by atoms with Gasteiger partial charge in [0.25, 0.3) is 0 Å². The van der Waals surface area contributed by atoms with Crippen LogP contribution in [0.25, 0.3) is 0 Å². The average molecular weight is 191 g/mol. The van der Waals surface area contributed by atoms with Crippen LogP contribution in [-0.4, -0.2) is 18.2 Å². The standard InChI is InChI=1S/C10H9NO3/c1-6-3-9(14-2)8(10(12)13)4-7(6)5-11/h3-4H,1-2H3,(H,12,13). The first-order chi connectivity index (χ1) is 6.60. The second-order valence-corrected chi connectivity index (χ2v) is 2.78. The van der Waals surface area contributed by atoms with Gasteiger partial charge in [0, 0.05) is 0 Å². The molecular formula is C10H9NO3. The molecule has 0 amide bonds. The summed E-state index contributed by atoms with van der Waals surface area (Å²) in [6.45, 7) is 1.73. The van der Waals surface area contributed by atoms with Crippen molar-refractivity contribution in [2.45, 2.75) is 6.92 Å². The number of benzene rings is 1. The number of carboxylic acids is 1. The Hall–Kier alpha value is -2.02. The van der Waals surface area contributed by atoms with Crippen LogP contribution >= 0.6 is 0 Å². The van der Waals surface area contributed by atoms with Gasteiger partial charge in [-0.15, -0.1) is 0 Å². The lowest BCUT2D eigenvalue weighted by Gasteiger charge is -2.06. The van der Waals surface area contributed by atoms with Gasteiger partial charge in [0.05, 0.1) is 18.7 Å². The summed E-state index contributed by atoms with van der Waals surface area (Å²) in [6.07, 6.45) is 0. The van der Waals surface area contributed by atoms with E-state index in [1.165, 1.54) is 13.2 Å². The summed E-state index contributed by atoms with van der Waals surface area (Å²) >= 11 is 0. The highest BCUT2D eigenvalue weighted by atomic mass is 16.5. The van der Waals surface area contributed by atoms with Crippen molar-refractivity contribution in [2.24, 2.45) is 0 Å². The third kappa shape index (κ3) is 1.67. The van der Waals surface area contributed by atoms with Crippen LogP contribution in [0.4, 0.5) is 0 Å². The summed E-state index contributed by atoms with van der Waals surface area (Å²) in [5, 5.41) is 17.5. The molecule has 4 heteroatoms. The van der Waals surface area contributed by atoms with E-state index in [1.807, 2.05) is 6.07 Å². The molecule has 0 radical (unpaired) electrons. The topological polar surface area (TPSA) is 70.3 Å². The maximum atomic E-state index is 10.8. The number of rotatable bonds is 2. The molecule has 0 atom stereocenters. The molecule has 0 spiro atoms. The smallest absolute Gasteiger partial charge is 0.339 e. The molecule has 0 aromatic heterocycles. The van der Waals surface area contributed by atoms with Crippen LogP contribution in [0.15, 0.2) is 12.1 Å². The molecule has 72 valence electrons. The summed E-state index contributed by atoms with van der Waals surface area (Å²) in [7, 11) is 1.40. The van der Waals surface area contributed by atoms with Crippen LogP contribution in [0, 0.1) is 18.3 Å². The Bertz CT molecular complexity index is 418. The van der Waals surface area contributed by atoms with Gasteiger partial charge < -0.3 is 9.84 Å². The zero-order valence-corrected chi connectivity index (χ0v) is 7.87. The Kier molecular flexibility index (Phi) is 2.73. The van der Waals surface area contributed by atoms with E-state index in [-0.39, 0.29) is 11.3 Å². The molecule has 0 heterocycles. The summed E-state index contributed by atoms with van der Waals surface area (Å²) in [5.41, 5.74) is 1.06. The molecule has 0 saturated heterocycles. The highest BCUT2D eigenvalue weighted by Gasteiger charge is 2.13. The van der Waals surface area contributed by atoms with Gasteiger partial charge in [-0.2, -0.15) is 5.26 Å². The molecule has 1 N–H and O–H groups in total. The maximum absolute atomic E-state index is 10.8. The van der Waals surface area contributed by atoms with Crippen LogP contribution in [0.1, 0.15) is 21.5 Å². The largest absolute Gasteiger partial charge is 0.496 e. The van der Waals surface area contributed by atoms with Gasteiger partial charge in [-0.1, -0.05) is 0 Å². The lowest BCUT2D eigenvalue weighted by molar-refractivity contribution is 0.0693. The second kappa shape index (κ2) is 3.79. The molecule has 0 aliphatic heterocycles. The number of ether oxygens (including phenoxy) is 1. The number of hydrogen-bond donors (Lipinski definition) is 1. The molecule has 0 fully saturated rings. The van der Waals surface area contributed by atoms with Crippen LogP contribution in [0.3, 0.4) is 0 Å².